The Bertz CT molecular complexity index is 608. The zero-order chi connectivity index (χ0) is 16.0. The molecule has 1 aliphatic heterocycles. The number of hydrazine groups is 1. The van der Waals surface area contributed by atoms with Crippen molar-refractivity contribution in [2.24, 2.45) is 0 Å². The largest absolute Gasteiger partial charge is 0.442 e. The Morgan fingerprint density at radius 1 is 1.43 bits per heavy atom. The molecule has 1 atom stereocenters. The number of aromatic nitrogens is 2. The fourth-order valence-corrected chi connectivity index (χ4v) is 2.16. The monoisotopic (exact) mass is 304 g/mol. The number of aliphatic hydroxyl groups is 1. The zero-order valence-electron chi connectivity index (χ0n) is 11.7. The van der Waals surface area contributed by atoms with E-state index in [2.05, 4.69) is 10.5 Å². The number of aryl methyl sites for hydroxylation is 2. The standard InChI is InChI=1S/C12H15F3N4O2/c1-7-4-9(3)18(16-7)6-10(20)19-11(21,12(13,14)15)5-8(2)17-19/h4-5,17,21H,6H2,1-3H3. The summed E-state index contributed by atoms with van der Waals surface area (Å²) in [6, 6.07) is 1.70. The van der Waals surface area contributed by atoms with Crippen molar-refractivity contribution in [3.8, 4) is 0 Å². The molecule has 1 aromatic heterocycles. The first-order valence-corrected chi connectivity index (χ1v) is 6.14. The van der Waals surface area contributed by atoms with Crippen LogP contribution in [0.15, 0.2) is 17.8 Å². The van der Waals surface area contributed by atoms with Gasteiger partial charge in [-0.3, -0.25) is 14.9 Å². The second-order valence-corrected chi connectivity index (χ2v) is 4.98. The summed E-state index contributed by atoms with van der Waals surface area (Å²) < 4.78 is 40.3. The van der Waals surface area contributed by atoms with Gasteiger partial charge in [-0.25, -0.2) is 5.01 Å². The van der Waals surface area contributed by atoms with E-state index in [0.29, 0.717) is 17.5 Å². The van der Waals surface area contributed by atoms with Gasteiger partial charge in [0.15, 0.2) is 0 Å². The van der Waals surface area contributed by atoms with Gasteiger partial charge in [-0.2, -0.15) is 18.3 Å². The quantitative estimate of drug-likeness (QED) is 0.855. The van der Waals surface area contributed by atoms with Crippen LogP contribution in [0.5, 0.6) is 0 Å². The maximum atomic E-state index is 13.0. The Kier molecular flexibility index (Phi) is 3.48. The molecule has 21 heavy (non-hydrogen) atoms. The Balaban J connectivity index is 2.25. The summed E-state index contributed by atoms with van der Waals surface area (Å²) in [7, 11) is 0. The molecular formula is C12H15F3N4O2. The van der Waals surface area contributed by atoms with Crippen LogP contribution in [0.1, 0.15) is 18.3 Å². The minimum atomic E-state index is -5.01. The summed E-state index contributed by atoms with van der Waals surface area (Å²) in [5.41, 5.74) is 0.200. The van der Waals surface area contributed by atoms with Crippen molar-refractivity contribution in [3.63, 3.8) is 0 Å². The molecule has 0 saturated carbocycles. The van der Waals surface area contributed by atoms with Crippen LogP contribution in [-0.4, -0.2) is 37.7 Å². The van der Waals surface area contributed by atoms with Crippen molar-refractivity contribution < 1.29 is 23.1 Å². The van der Waals surface area contributed by atoms with E-state index in [1.165, 1.54) is 11.6 Å². The summed E-state index contributed by atoms with van der Waals surface area (Å²) in [6.45, 7) is 4.31. The Hall–Kier alpha value is -2.03. The van der Waals surface area contributed by atoms with Crippen molar-refractivity contribution in [2.45, 2.75) is 39.2 Å². The van der Waals surface area contributed by atoms with Gasteiger partial charge in [0, 0.05) is 11.4 Å². The topological polar surface area (TPSA) is 70.4 Å². The first kappa shape index (κ1) is 15.4. The van der Waals surface area contributed by atoms with E-state index in [-0.39, 0.29) is 10.7 Å². The third-order valence-electron chi connectivity index (χ3n) is 3.10. The zero-order valence-corrected chi connectivity index (χ0v) is 11.7. The molecule has 0 bridgehead atoms. The average molecular weight is 304 g/mol. The van der Waals surface area contributed by atoms with Crippen molar-refractivity contribution >= 4 is 5.91 Å². The van der Waals surface area contributed by atoms with Gasteiger partial charge in [0.1, 0.15) is 6.54 Å². The molecule has 1 amide bonds. The van der Waals surface area contributed by atoms with Gasteiger partial charge in [-0.15, -0.1) is 0 Å². The number of amides is 1. The number of carbonyl (C=O) groups excluding carboxylic acids is 1. The third kappa shape index (κ3) is 2.60. The van der Waals surface area contributed by atoms with Gasteiger partial charge >= 0.3 is 6.18 Å². The van der Waals surface area contributed by atoms with Gasteiger partial charge in [0.2, 0.25) is 0 Å². The summed E-state index contributed by atoms with van der Waals surface area (Å²) in [4.78, 5) is 12.1. The van der Waals surface area contributed by atoms with Crippen LogP contribution in [-0.2, 0) is 11.3 Å². The van der Waals surface area contributed by atoms with Crippen LogP contribution in [0, 0.1) is 13.8 Å². The molecular weight excluding hydrogens is 289 g/mol. The van der Waals surface area contributed by atoms with Gasteiger partial charge in [-0.1, -0.05) is 0 Å². The van der Waals surface area contributed by atoms with Crippen molar-refractivity contribution in [3.05, 3.63) is 29.2 Å². The SMILES string of the molecule is CC1=CC(O)(C(F)(F)F)N(C(=O)Cn2nc(C)cc2C)N1. The average Bonchev–Trinajstić information content (AvgIpc) is 2.79. The first-order chi connectivity index (χ1) is 9.54. The van der Waals surface area contributed by atoms with Gasteiger partial charge in [-0.05, 0) is 32.9 Å². The number of halogens is 3. The fourth-order valence-electron chi connectivity index (χ4n) is 2.16. The minimum Gasteiger partial charge on any atom is -0.359 e. The molecule has 6 nitrogen and oxygen atoms in total. The number of allylic oxidation sites excluding steroid dienone is 1. The lowest BCUT2D eigenvalue weighted by molar-refractivity contribution is -0.289. The molecule has 0 radical (unpaired) electrons. The molecule has 2 heterocycles. The first-order valence-electron chi connectivity index (χ1n) is 6.14. The molecule has 1 aromatic rings. The molecule has 116 valence electrons. The van der Waals surface area contributed by atoms with Crippen molar-refractivity contribution in [2.75, 3.05) is 0 Å². The highest BCUT2D eigenvalue weighted by Crippen LogP contribution is 2.37. The number of nitrogens with zero attached hydrogens (tertiary/aromatic N) is 3. The van der Waals surface area contributed by atoms with E-state index >= 15 is 0 Å². The van der Waals surface area contributed by atoms with Crippen LogP contribution in [0.25, 0.3) is 0 Å². The molecule has 0 saturated heterocycles. The Morgan fingerprint density at radius 3 is 2.52 bits per heavy atom. The molecule has 1 aliphatic rings. The highest BCUT2D eigenvalue weighted by molar-refractivity contribution is 5.77. The van der Waals surface area contributed by atoms with Crippen LogP contribution < -0.4 is 5.43 Å². The maximum Gasteiger partial charge on any atom is 0.442 e. The Labute approximate surface area is 118 Å². The smallest absolute Gasteiger partial charge is 0.359 e. The van der Waals surface area contributed by atoms with Crippen molar-refractivity contribution in [1.29, 1.82) is 0 Å². The highest BCUT2D eigenvalue weighted by atomic mass is 19.4. The van der Waals surface area contributed by atoms with Gasteiger partial charge in [0.05, 0.1) is 5.69 Å². The van der Waals surface area contributed by atoms with E-state index in [0.717, 1.165) is 0 Å². The van der Waals surface area contributed by atoms with Gasteiger partial charge < -0.3 is 5.11 Å². The second kappa shape index (κ2) is 4.76. The highest BCUT2D eigenvalue weighted by Gasteiger charge is 2.61. The summed E-state index contributed by atoms with van der Waals surface area (Å²) >= 11 is 0. The van der Waals surface area contributed by atoms with Crippen LogP contribution in [0.4, 0.5) is 13.2 Å². The molecule has 9 heteroatoms. The van der Waals surface area contributed by atoms with E-state index in [1.807, 2.05) is 0 Å². The molecule has 1 unspecified atom stereocenters. The third-order valence-corrected chi connectivity index (χ3v) is 3.10. The molecule has 2 rings (SSSR count). The van der Waals surface area contributed by atoms with E-state index < -0.39 is 24.4 Å². The van der Waals surface area contributed by atoms with Crippen molar-refractivity contribution in [1.82, 2.24) is 20.2 Å². The molecule has 0 aliphatic carbocycles. The normalized spacial score (nSPS) is 22.2. The Morgan fingerprint density at radius 2 is 2.05 bits per heavy atom. The minimum absolute atomic E-state index is 0.0385. The van der Waals surface area contributed by atoms with Gasteiger partial charge in [0.25, 0.3) is 11.6 Å². The lowest BCUT2D eigenvalue weighted by atomic mass is 10.2. The lowest BCUT2D eigenvalue weighted by Crippen LogP contribution is -2.61. The second-order valence-electron chi connectivity index (χ2n) is 4.98. The van der Waals surface area contributed by atoms with E-state index in [1.54, 1.807) is 19.9 Å². The number of nitrogens with one attached hydrogen (secondary N) is 1. The van der Waals surface area contributed by atoms with Crippen LogP contribution in [0.2, 0.25) is 0 Å². The molecule has 0 aromatic carbocycles. The lowest BCUT2D eigenvalue weighted by Gasteiger charge is -2.33. The van der Waals surface area contributed by atoms with Crippen LogP contribution in [0.3, 0.4) is 0 Å². The summed E-state index contributed by atoms with van der Waals surface area (Å²) in [5, 5.41) is 14.0. The number of rotatable bonds is 2. The number of hydrogen-bond donors (Lipinski definition) is 2. The summed E-state index contributed by atoms with van der Waals surface area (Å²) in [5.74, 6) is -0.950. The number of hydrogen-bond acceptors (Lipinski definition) is 4. The van der Waals surface area contributed by atoms with Crippen LogP contribution >= 0.6 is 0 Å². The molecule has 2 N–H and O–H groups in total. The predicted octanol–water partition coefficient (Wildman–Crippen LogP) is 1.00. The maximum absolute atomic E-state index is 13.0. The number of alkyl halides is 3. The molecule has 0 fully saturated rings. The van der Waals surface area contributed by atoms with E-state index in [4.69, 9.17) is 0 Å². The molecule has 0 spiro atoms. The predicted molar refractivity (Wildman–Crippen MR) is 66.4 cm³/mol. The summed E-state index contributed by atoms with van der Waals surface area (Å²) in [6.07, 6.45) is -4.45. The van der Waals surface area contributed by atoms with E-state index in [9.17, 15) is 23.1 Å². The fraction of sp³-hybridized carbons (Fsp3) is 0.500. The number of carbonyl (C=O) groups is 1.